The molecule has 2 aromatic rings. The number of carbonyl (C=O) groups is 2. The number of hydrogen-bond donors (Lipinski definition) is 1. The molecule has 1 aliphatic rings. The van der Waals surface area contributed by atoms with Crippen molar-refractivity contribution in [2.24, 2.45) is 0 Å². The number of hydrogen-bond acceptors (Lipinski definition) is 3. The normalized spacial score (nSPS) is 16.3. The van der Waals surface area contributed by atoms with Crippen LogP contribution >= 0.6 is 27.3 Å². The third-order valence-corrected chi connectivity index (χ3v) is 6.29. The number of amides is 2. The van der Waals surface area contributed by atoms with Gasteiger partial charge in [-0.25, -0.2) is 0 Å². The molecule has 9 heteroatoms. The largest absolute Gasteiger partial charge is 0.471 e. The predicted molar refractivity (Wildman–Crippen MR) is 110 cm³/mol. The summed E-state index contributed by atoms with van der Waals surface area (Å²) in [6, 6.07) is 7.60. The highest BCUT2D eigenvalue weighted by atomic mass is 79.9. The fourth-order valence-corrected chi connectivity index (χ4v) is 4.55. The molecule has 1 aliphatic carbocycles. The van der Waals surface area contributed by atoms with Crippen LogP contribution in [0.5, 0.6) is 0 Å². The van der Waals surface area contributed by atoms with E-state index in [9.17, 15) is 22.8 Å². The molecule has 1 aromatic carbocycles. The van der Waals surface area contributed by atoms with E-state index in [1.54, 1.807) is 17.5 Å². The Bertz CT molecular complexity index is 834. The number of rotatable bonds is 5. The minimum absolute atomic E-state index is 0.00715. The van der Waals surface area contributed by atoms with Gasteiger partial charge in [-0.05, 0) is 48.6 Å². The molecule has 1 aromatic heterocycles. The summed E-state index contributed by atoms with van der Waals surface area (Å²) in [5.74, 6) is -2.67. The lowest BCUT2D eigenvalue weighted by molar-refractivity contribution is -0.171. The van der Waals surface area contributed by atoms with Crippen LogP contribution in [0.4, 0.5) is 18.9 Å². The van der Waals surface area contributed by atoms with Crippen molar-refractivity contribution in [3.63, 3.8) is 0 Å². The maximum atomic E-state index is 13.5. The van der Waals surface area contributed by atoms with Crippen molar-refractivity contribution in [2.75, 3.05) is 4.90 Å². The van der Waals surface area contributed by atoms with E-state index in [2.05, 4.69) is 21.2 Å². The summed E-state index contributed by atoms with van der Waals surface area (Å²) in [4.78, 5) is 26.5. The van der Waals surface area contributed by atoms with Crippen molar-refractivity contribution in [2.45, 2.75) is 50.4 Å². The van der Waals surface area contributed by atoms with Crippen LogP contribution in [0.25, 0.3) is 0 Å². The SMILES string of the molecule is O=C(NC1CCCCC1)[C@H](c1cccs1)N(C(=O)C(F)(F)F)c1ccc(Br)cc1. The number of alkyl halides is 3. The number of anilines is 1. The highest BCUT2D eigenvalue weighted by Gasteiger charge is 2.47. The van der Waals surface area contributed by atoms with Crippen LogP contribution in [0.2, 0.25) is 0 Å². The maximum absolute atomic E-state index is 13.5. The number of carbonyl (C=O) groups excluding carboxylic acids is 2. The lowest BCUT2D eigenvalue weighted by Gasteiger charge is -2.33. The van der Waals surface area contributed by atoms with Crippen molar-refractivity contribution >= 4 is 44.8 Å². The Balaban J connectivity index is 2.01. The fourth-order valence-electron chi connectivity index (χ4n) is 3.47. The molecule has 3 rings (SSSR count). The summed E-state index contributed by atoms with van der Waals surface area (Å²) in [5.41, 5.74) is 0.00715. The minimum Gasteiger partial charge on any atom is -0.351 e. The summed E-state index contributed by atoms with van der Waals surface area (Å²) in [5, 5.41) is 4.55. The van der Waals surface area contributed by atoms with Crippen molar-refractivity contribution in [3.05, 3.63) is 51.1 Å². The van der Waals surface area contributed by atoms with Crippen LogP contribution in [0.15, 0.2) is 46.3 Å². The quantitative estimate of drug-likeness (QED) is 0.595. The van der Waals surface area contributed by atoms with E-state index in [-0.39, 0.29) is 11.7 Å². The summed E-state index contributed by atoms with van der Waals surface area (Å²) in [6.45, 7) is 0. The van der Waals surface area contributed by atoms with Crippen LogP contribution in [0.1, 0.15) is 43.0 Å². The Hall–Kier alpha value is -1.87. The van der Waals surface area contributed by atoms with Gasteiger partial charge in [0.15, 0.2) is 6.04 Å². The standard InChI is InChI=1S/C20H20BrF3N2O2S/c21-13-8-10-15(11-9-13)26(19(28)20(22,23)24)17(16-7-4-12-29-16)18(27)25-14-5-2-1-3-6-14/h4,7-12,14,17H,1-3,5-6H2,(H,25,27)/t17-/m0/s1. The number of nitrogens with zero attached hydrogens (tertiary/aromatic N) is 1. The lowest BCUT2D eigenvalue weighted by atomic mass is 9.95. The summed E-state index contributed by atoms with van der Waals surface area (Å²) in [7, 11) is 0. The zero-order valence-electron chi connectivity index (χ0n) is 15.4. The van der Waals surface area contributed by atoms with Crippen LogP contribution < -0.4 is 10.2 Å². The van der Waals surface area contributed by atoms with Gasteiger partial charge in [-0.15, -0.1) is 11.3 Å². The molecule has 0 saturated heterocycles. The zero-order valence-corrected chi connectivity index (χ0v) is 17.8. The molecule has 2 amide bonds. The van der Waals surface area contributed by atoms with Gasteiger partial charge < -0.3 is 5.32 Å². The molecule has 1 atom stereocenters. The van der Waals surface area contributed by atoms with E-state index >= 15 is 0 Å². The molecule has 29 heavy (non-hydrogen) atoms. The predicted octanol–water partition coefficient (Wildman–Crippen LogP) is 5.60. The van der Waals surface area contributed by atoms with Crippen LogP contribution in [0.3, 0.4) is 0 Å². The zero-order chi connectivity index (χ0) is 21.0. The molecule has 0 spiro atoms. The lowest BCUT2D eigenvalue weighted by Crippen LogP contribution is -2.50. The molecule has 1 N–H and O–H groups in total. The Morgan fingerprint density at radius 2 is 1.76 bits per heavy atom. The first-order chi connectivity index (χ1) is 13.8. The maximum Gasteiger partial charge on any atom is 0.471 e. The molecule has 0 aliphatic heterocycles. The van der Waals surface area contributed by atoms with Gasteiger partial charge in [0, 0.05) is 21.1 Å². The van der Waals surface area contributed by atoms with E-state index in [4.69, 9.17) is 0 Å². The second kappa shape index (κ2) is 9.30. The van der Waals surface area contributed by atoms with E-state index < -0.39 is 24.0 Å². The Kier molecular flexibility index (Phi) is 7.00. The monoisotopic (exact) mass is 488 g/mol. The number of thiophene rings is 1. The highest BCUT2D eigenvalue weighted by Crippen LogP contribution is 2.35. The van der Waals surface area contributed by atoms with Gasteiger partial charge in [-0.3, -0.25) is 14.5 Å². The van der Waals surface area contributed by atoms with E-state index in [1.165, 1.54) is 24.3 Å². The number of nitrogens with one attached hydrogen (secondary N) is 1. The van der Waals surface area contributed by atoms with Crippen LogP contribution in [0, 0.1) is 0 Å². The molecule has 4 nitrogen and oxygen atoms in total. The molecule has 0 unspecified atom stereocenters. The first-order valence-corrected chi connectivity index (χ1v) is 10.9. The Morgan fingerprint density at radius 1 is 1.10 bits per heavy atom. The molecular formula is C20H20BrF3N2O2S. The molecule has 0 bridgehead atoms. The third kappa shape index (κ3) is 5.39. The molecule has 1 heterocycles. The van der Waals surface area contributed by atoms with E-state index in [0.717, 1.165) is 43.4 Å². The Morgan fingerprint density at radius 3 is 2.31 bits per heavy atom. The molecule has 156 valence electrons. The summed E-state index contributed by atoms with van der Waals surface area (Å²) < 4.78 is 41.0. The third-order valence-electron chi connectivity index (χ3n) is 4.84. The topological polar surface area (TPSA) is 49.4 Å². The van der Waals surface area contributed by atoms with Gasteiger partial charge >= 0.3 is 12.1 Å². The average molecular weight is 489 g/mol. The smallest absolute Gasteiger partial charge is 0.351 e. The summed E-state index contributed by atoms with van der Waals surface area (Å²) >= 11 is 4.38. The number of benzene rings is 1. The fraction of sp³-hybridized carbons (Fsp3) is 0.400. The van der Waals surface area contributed by atoms with E-state index in [1.807, 2.05) is 0 Å². The molecule has 1 fully saturated rings. The average Bonchev–Trinajstić information content (AvgIpc) is 3.20. The van der Waals surface area contributed by atoms with Crippen molar-refractivity contribution in [1.82, 2.24) is 5.32 Å². The van der Waals surface area contributed by atoms with Gasteiger partial charge in [-0.2, -0.15) is 13.2 Å². The van der Waals surface area contributed by atoms with E-state index in [0.29, 0.717) is 14.2 Å². The Labute approximate surface area is 179 Å². The van der Waals surface area contributed by atoms with Crippen LogP contribution in [-0.4, -0.2) is 24.0 Å². The summed E-state index contributed by atoms with van der Waals surface area (Å²) in [6.07, 6.45) is -0.534. The second-order valence-electron chi connectivity index (χ2n) is 6.91. The minimum atomic E-state index is -5.12. The van der Waals surface area contributed by atoms with Gasteiger partial charge in [0.05, 0.1) is 0 Å². The van der Waals surface area contributed by atoms with Crippen molar-refractivity contribution in [1.29, 1.82) is 0 Å². The first-order valence-electron chi connectivity index (χ1n) is 9.27. The van der Waals surface area contributed by atoms with Crippen LogP contribution in [-0.2, 0) is 9.59 Å². The van der Waals surface area contributed by atoms with Crippen molar-refractivity contribution in [3.8, 4) is 0 Å². The van der Waals surface area contributed by atoms with Gasteiger partial charge in [-0.1, -0.05) is 41.3 Å². The second-order valence-corrected chi connectivity index (χ2v) is 8.81. The van der Waals surface area contributed by atoms with Gasteiger partial charge in [0.2, 0.25) is 5.91 Å². The molecule has 1 saturated carbocycles. The number of halogens is 4. The van der Waals surface area contributed by atoms with Gasteiger partial charge in [0.25, 0.3) is 0 Å². The van der Waals surface area contributed by atoms with Crippen molar-refractivity contribution < 1.29 is 22.8 Å². The molecule has 0 radical (unpaired) electrons. The van der Waals surface area contributed by atoms with Gasteiger partial charge in [0.1, 0.15) is 0 Å². The first kappa shape index (κ1) is 21.8. The highest BCUT2D eigenvalue weighted by molar-refractivity contribution is 9.10. The molecular weight excluding hydrogens is 469 g/mol.